The average molecular weight is 282 g/mol. The zero-order chi connectivity index (χ0) is 15.0. The molecule has 0 spiro atoms. The fourth-order valence-corrected chi connectivity index (χ4v) is 2.07. The molecule has 104 valence electrons. The minimum Gasteiger partial charge on any atom is -0.366 e. The van der Waals surface area contributed by atoms with Gasteiger partial charge in [0.1, 0.15) is 5.82 Å². The van der Waals surface area contributed by atoms with Crippen molar-refractivity contribution in [3.8, 4) is 11.4 Å². The highest BCUT2D eigenvalue weighted by Crippen LogP contribution is 2.24. The number of nitrogens with two attached hydrogens (primary N) is 1. The highest BCUT2D eigenvalue weighted by molar-refractivity contribution is 5.96. The Hall–Kier alpha value is -3.22. The molecule has 0 bridgehead atoms. The number of imidazole rings is 1. The van der Waals surface area contributed by atoms with Gasteiger partial charge in [0.25, 0.3) is 5.69 Å². The van der Waals surface area contributed by atoms with Crippen molar-refractivity contribution >= 4 is 22.6 Å². The smallest absolute Gasteiger partial charge is 0.270 e. The number of H-pyrrole nitrogens is 1. The third kappa shape index (κ3) is 2.32. The number of benzene rings is 2. The molecular weight excluding hydrogens is 272 g/mol. The van der Waals surface area contributed by atoms with Crippen LogP contribution in [0.5, 0.6) is 0 Å². The first-order chi connectivity index (χ1) is 10.0. The quantitative estimate of drug-likeness (QED) is 0.566. The fourth-order valence-electron chi connectivity index (χ4n) is 2.07. The zero-order valence-electron chi connectivity index (χ0n) is 10.7. The molecule has 0 saturated heterocycles. The molecule has 7 nitrogen and oxygen atoms in total. The SMILES string of the molecule is NC(=O)c1ccc2nc(-c3cccc([N+](=O)[O-])c3)[nH]c2c1. The Balaban J connectivity index is 2.10. The Morgan fingerprint density at radius 2 is 2.05 bits per heavy atom. The number of carbonyl (C=O) groups is 1. The number of fused-ring (bicyclic) bond motifs is 1. The van der Waals surface area contributed by atoms with E-state index in [1.807, 2.05) is 0 Å². The summed E-state index contributed by atoms with van der Waals surface area (Å²) < 4.78 is 0. The minimum absolute atomic E-state index is 0.00854. The summed E-state index contributed by atoms with van der Waals surface area (Å²) in [6.45, 7) is 0. The molecule has 3 N–H and O–H groups in total. The largest absolute Gasteiger partial charge is 0.366 e. The highest BCUT2D eigenvalue weighted by atomic mass is 16.6. The third-order valence-electron chi connectivity index (χ3n) is 3.10. The summed E-state index contributed by atoms with van der Waals surface area (Å²) in [7, 11) is 0. The van der Waals surface area contributed by atoms with Crippen LogP contribution in [0, 0.1) is 10.1 Å². The van der Waals surface area contributed by atoms with E-state index in [0.717, 1.165) is 0 Å². The van der Waals surface area contributed by atoms with Gasteiger partial charge in [0.15, 0.2) is 0 Å². The monoisotopic (exact) mass is 282 g/mol. The number of aromatic amines is 1. The Morgan fingerprint density at radius 1 is 1.24 bits per heavy atom. The molecule has 0 saturated carbocycles. The van der Waals surface area contributed by atoms with Crippen LogP contribution in [-0.2, 0) is 0 Å². The van der Waals surface area contributed by atoms with Gasteiger partial charge in [-0.1, -0.05) is 12.1 Å². The third-order valence-corrected chi connectivity index (χ3v) is 3.10. The van der Waals surface area contributed by atoms with Gasteiger partial charge in [0.2, 0.25) is 5.91 Å². The molecule has 2 aromatic carbocycles. The molecule has 21 heavy (non-hydrogen) atoms. The van der Waals surface area contributed by atoms with E-state index >= 15 is 0 Å². The normalized spacial score (nSPS) is 10.7. The van der Waals surface area contributed by atoms with Crippen LogP contribution in [0.3, 0.4) is 0 Å². The Labute approximate surface area is 118 Å². The number of nitro groups is 1. The number of nitro benzene ring substituents is 1. The molecule has 7 heteroatoms. The summed E-state index contributed by atoms with van der Waals surface area (Å²) in [5.41, 5.74) is 7.49. The molecule has 3 aromatic rings. The van der Waals surface area contributed by atoms with Crippen molar-refractivity contribution in [1.29, 1.82) is 0 Å². The Morgan fingerprint density at radius 3 is 2.76 bits per heavy atom. The van der Waals surface area contributed by atoms with Crippen molar-refractivity contribution in [2.75, 3.05) is 0 Å². The van der Waals surface area contributed by atoms with Gasteiger partial charge in [-0.3, -0.25) is 14.9 Å². The molecule has 0 aliphatic heterocycles. The maximum Gasteiger partial charge on any atom is 0.270 e. The molecule has 1 heterocycles. The van der Waals surface area contributed by atoms with E-state index in [2.05, 4.69) is 9.97 Å². The first-order valence-electron chi connectivity index (χ1n) is 6.09. The number of aromatic nitrogens is 2. The molecule has 3 rings (SSSR count). The lowest BCUT2D eigenvalue weighted by Crippen LogP contribution is -2.10. The van der Waals surface area contributed by atoms with Gasteiger partial charge in [0, 0.05) is 23.3 Å². The number of non-ortho nitro benzene ring substituents is 1. The first kappa shape index (κ1) is 12.8. The van der Waals surface area contributed by atoms with Crippen LogP contribution >= 0.6 is 0 Å². The van der Waals surface area contributed by atoms with Crippen LogP contribution in [0.15, 0.2) is 42.5 Å². The van der Waals surface area contributed by atoms with Crippen LogP contribution in [0.2, 0.25) is 0 Å². The van der Waals surface area contributed by atoms with E-state index < -0.39 is 10.8 Å². The number of nitrogens with zero attached hydrogens (tertiary/aromatic N) is 2. The second-order valence-corrected chi connectivity index (χ2v) is 4.49. The van der Waals surface area contributed by atoms with Crippen LogP contribution in [0.25, 0.3) is 22.4 Å². The number of amides is 1. The number of nitrogens with one attached hydrogen (secondary N) is 1. The number of primary amides is 1. The minimum atomic E-state index is -0.525. The van der Waals surface area contributed by atoms with Gasteiger partial charge in [0.05, 0.1) is 16.0 Å². The zero-order valence-corrected chi connectivity index (χ0v) is 10.7. The van der Waals surface area contributed by atoms with E-state index in [1.54, 1.807) is 30.3 Å². The van der Waals surface area contributed by atoms with E-state index in [0.29, 0.717) is 28.0 Å². The summed E-state index contributed by atoms with van der Waals surface area (Å²) in [5.74, 6) is -0.0290. The number of rotatable bonds is 3. The summed E-state index contributed by atoms with van der Waals surface area (Å²) in [4.78, 5) is 28.9. The highest BCUT2D eigenvalue weighted by Gasteiger charge is 2.11. The molecule has 1 amide bonds. The summed E-state index contributed by atoms with van der Waals surface area (Å²) in [6, 6.07) is 11.0. The lowest BCUT2D eigenvalue weighted by molar-refractivity contribution is -0.384. The standard InChI is InChI=1S/C14H10N4O3/c15-13(19)8-4-5-11-12(7-8)17-14(16-11)9-2-1-3-10(6-9)18(20)21/h1-7H,(H2,15,19)(H,16,17). The molecule has 0 aliphatic rings. The molecular formula is C14H10N4O3. The van der Waals surface area contributed by atoms with Gasteiger partial charge in [-0.25, -0.2) is 4.98 Å². The van der Waals surface area contributed by atoms with Crippen LogP contribution < -0.4 is 5.73 Å². The predicted molar refractivity (Wildman–Crippen MR) is 76.7 cm³/mol. The number of hydrogen-bond donors (Lipinski definition) is 2. The van der Waals surface area contributed by atoms with Crippen molar-refractivity contribution in [1.82, 2.24) is 9.97 Å². The van der Waals surface area contributed by atoms with E-state index in [4.69, 9.17) is 5.73 Å². The van der Waals surface area contributed by atoms with E-state index in [1.165, 1.54) is 12.1 Å². The Kier molecular flexibility index (Phi) is 2.87. The van der Waals surface area contributed by atoms with Crippen molar-refractivity contribution in [2.24, 2.45) is 5.73 Å². The maximum absolute atomic E-state index is 11.2. The van der Waals surface area contributed by atoms with Gasteiger partial charge in [-0.05, 0) is 18.2 Å². The van der Waals surface area contributed by atoms with Crippen molar-refractivity contribution in [3.05, 3.63) is 58.1 Å². The number of hydrogen-bond acceptors (Lipinski definition) is 4. The van der Waals surface area contributed by atoms with Gasteiger partial charge >= 0.3 is 0 Å². The van der Waals surface area contributed by atoms with Gasteiger partial charge in [-0.2, -0.15) is 0 Å². The summed E-state index contributed by atoms with van der Waals surface area (Å²) in [6.07, 6.45) is 0. The molecule has 0 atom stereocenters. The van der Waals surface area contributed by atoms with Crippen LogP contribution in [-0.4, -0.2) is 20.8 Å². The molecule has 0 unspecified atom stereocenters. The van der Waals surface area contributed by atoms with Gasteiger partial charge in [-0.15, -0.1) is 0 Å². The summed E-state index contributed by atoms with van der Waals surface area (Å²) >= 11 is 0. The van der Waals surface area contributed by atoms with Gasteiger partial charge < -0.3 is 10.7 Å². The maximum atomic E-state index is 11.2. The predicted octanol–water partition coefficient (Wildman–Crippen LogP) is 2.24. The van der Waals surface area contributed by atoms with Crippen LogP contribution in [0.4, 0.5) is 5.69 Å². The van der Waals surface area contributed by atoms with Crippen molar-refractivity contribution in [3.63, 3.8) is 0 Å². The van der Waals surface area contributed by atoms with E-state index in [-0.39, 0.29) is 5.69 Å². The molecule has 1 aromatic heterocycles. The fraction of sp³-hybridized carbons (Fsp3) is 0. The van der Waals surface area contributed by atoms with Crippen molar-refractivity contribution < 1.29 is 9.72 Å². The van der Waals surface area contributed by atoms with Crippen molar-refractivity contribution in [2.45, 2.75) is 0 Å². The molecule has 0 aliphatic carbocycles. The Bertz CT molecular complexity index is 870. The topological polar surface area (TPSA) is 115 Å². The molecule has 0 radical (unpaired) electrons. The lowest BCUT2D eigenvalue weighted by atomic mass is 10.2. The summed E-state index contributed by atoms with van der Waals surface area (Å²) in [5, 5.41) is 10.8. The average Bonchev–Trinajstić information content (AvgIpc) is 2.90. The molecule has 0 fully saturated rings. The lowest BCUT2D eigenvalue weighted by Gasteiger charge is -1.96. The van der Waals surface area contributed by atoms with E-state index in [9.17, 15) is 14.9 Å². The van der Waals surface area contributed by atoms with Crippen LogP contribution in [0.1, 0.15) is 10.4 Å². The second kappa shape index (κ2) is 4.71. The second-order valence-electron chi connectivity index (χ2n) is 4.49. The first-order valence-corrected chi connectivity index (χ1v) is 6.09. The number of carbonyl (C=O) groups excluding carboxylic acids is 1.